The van der Waals surface area contributed by atoms with Gasteiger partial charge >= 0.3 is 5.97 Å². The van der Waals surface area contributed by atoms with E-state index in [1.165, 1.54) is 24.3 Å². The molecule has 12 heteroatoms. The number of primary amides is 1. The molecular formula is C18H22N6O6. The fraction of sp³-hybridized carbons (Fsp3) is 0.333. The van der Waals surface area contributed by atoms with Gasteiger partial charge in [0.05, 0.1) is 13.0 Å². The predicted molar refractivity (Wildman–Crippen MR) is 103 cm³/mol. The highest BCUT2D eigenvalue weighted by Crippen LogP contribution is 2.15. The Morgan fingerprint density at radius 2 is 1.70 bits per heavy atom. The average molecular weight is 418 g/mol. The van der Waals surface area contributed by atoms with Gasteiger partial charge in [0.1, 0.15) is 18.4 Å². The monoisotopic (exact) mass is 418 g/mol. The maximum Gasteiger partial charge on any atom is 0.323 e. The van der Waals surface area contributed by atoms with Gasteiger partial charge in [-0.25, -0.2) is 0 Å². The van der Waals surface area contributed by atoms with Crippen molar-refractivity contribution in [1.29, 1.82) is 5.41 Å². The molecule has 7 N–H and O–H groups in total. The highest BCUT2D eigenvalue weighted by atomic mass is 16.4. The highest BCUT2D eigenvalue weighted by molar-refractivity contribution is 6.00. The first-order valence-electron chi connectivity index (χ1n) is 8.91. The first kappa shape index (κ1) is 22.3. The zero-order valence-electron chi connectivity index (χ0n) is 16.0. The Kier molecular flexibility index (Phi) is 7.07. The second-order valence-corrected chi connectivity index (χ2v) is 6.60. The third-order valence-electron chi connectivity index (χ3n) is 4.48. The number of nitrogen functional groups attached to an aromatic ring is 1. The largest absolute Gasteiger partial charge is 0.480 e. The van der Waals surface area contributed by atoms with Crippen LogP contribution in [0.15, 0.2) is 24.3 Å². The van der Waals surface area contributed by atoms with Crippen LogP contribution in [0.4, 0.5) is 0 Å². The number of nitrogens with two attached hydrogens (primary N) is 2. The average Bonchev–Trinajstić information content (AvgIpc) is 2.68. The molecule has 0 spiro atoms. The van der Waals surface area contributed by atoms with Crippen molar-refractivity contribution in [2.24, 2.45) is 11.5 Å². The van der Waals surface area contributed by atoms with E-state index < -0.39 is 55.2 Å². The van der Waals surface area contributed by atoms with Gasteiger partial charge in [-0.2, -0.15) is 0 Å². The summed E-state index contributed by atoms with van der Waals surface area (Å²) in [4.78, 5) is 61.7. The first-order chi connectivity index (χ1) is 14.1. The molecule has 2 rings (SSSR count). The predicted octanol–water partition coefficient (Wildman–Crippen LogP) is -2.30. The van der Waals surface area contributed by atoms with Crippen LogP contribution in [0.5, 0.6) is 0 Å². The molecule has 160 valence electrons. The van der Waals surface area contributed by atoms with E-state index in [0.717, 1.165) is 9.80 Å². The summed E-state index contributed by atoms with van der Waals surface area (Å²) in [6.07, 6.45) is -0.457. The van der Waals surface area contributed by atoms with Gasteiger partial charge in [0.25, 0.3) is 5.91 Å². The maximum atomic E-state index is 12.6. The number of amidine groups is 1. The van der Waals surface area contributed by atoms with Gasteiger partial charge in [-0.05, 0) is 12.1 Å². The van der Waals surface area contributed by atoms with Crippen LogP contribution < -0.4 is 16.8 Å². The molecule has 1 fully saturated rings. The summed E-state index contributed by atoms with van der Waals surface area (Å²) in [5, 5.41) is 18.7. The summed E-state index contributed by atoms with van der Waals surface area (Å²) in [6.45, 7) is -1.01. The molecule has 12 nitrogen and oxygen atoms in total. The number of nitrogens with one attached hydrogen (secondary N) is 2. The van der Waals surface area contributed by atoms with Gasteiger partial charge in [0.15, 0.2) is 0 Å². The van der Waals surface area contributed by atoms with Crippen molar-refractivity contribution in [3.8, 4) is 0 Å². The number of benzene rings is 1. The van der Waals surface area contributed by atoms with Crippen LogP contribution in [0, 0.1) is 5.41 Å². The number of piperazine rings is 1. The minimum absolute atomic E-state index is 0.00101. The van der Waals surface area contributed by atoms with Gasteiger partial charge in [-0.15, -0.1) is 0 Å². The summed E-state index contributed by atoms with van der Waals surface area (Å²) < 4.78 is 0. The van der Waals surface area contributed by atoms with Crippen molar-refractivity contribution in [1.82, 2.24) is 15.1 Å². The molecule has 30 heavy (non-hydrogen) atoms. The van der Waals surface area contributed by atoms with Crippen LogP contribution >= 0.6 is 0 Å². The highest BCUT2D eigenvalue weighted by Gasteiger charge is 2.38. The van der Waals surface area contributed by atoms with Crippen LogP contribution in [0.25, 0.3) is 0 Å². The molecule has 1 aromatic rings. The lowest BCUT2D eigenvalue weighted by molar-refractivity contribution is -0.155. The van der Waals surface area contributed by atoms with E-state index in [2.05, 4.69) is 5.32 Å². The number of hydrogen-bond donors (Lipinski definition) is 5. The number of nitrogens with zero attached hydrogens (tertiary/aromatic N) is 2. The van der Waals surface area contributed by atoms with Crippen LogP contribution in [-0.2, 0) is 19.2 Å². The molecule has 1 aliphatic rings. The Balaban J connectivity index is 2.03. The molecule has 4 amide bonds. The van der Waals surface area contributed by atoms with Gasteiger partial charge in [0.2, 0.25) is 17.7 Å². The third kappa shape index (κ3) is 5.53. The van der Waals surface area contributed by atoms with Gasteiger partial charge in [-0.1, -0.05) is 12.1 Å². The van der Waals surface area contributed by atoms with Crippen molar-refractivity contribution < 1.29 is 29.1 Å². The normalized spacial score (nSPS) is 16.1. The molecule has 1 saturated heterocycles. The molecule has 0 radical (unpaired) electrons. The van der Waals surface area contributed by atoms with Gasteiger partial charge in [0, 0.05) is 24.2 Å². The number of carbonyl (C=O) groups excluding carboxylic acids is 4. The molecule has 0 bridgehead atoms. The van der Waals surface area contributed by atoms with Crippen molar-refractivity contribution >= 4 is 35.4 Å². The number of aliphatic carboxylic acids is 1. The lowest BCUT2D eigenvalue weighted by Gasteiger charge is -2.39. The van der Waals surface area contributed by atoms with E-state index in [1.807, 2.05) is 0 Å². The Hall–Kier alpha value is -3.96. The lowest BCUT2D eigenvalue weighted by atomic mass is 10.1. The van der Waals surface area contributed by atoms with Crippen molar-refractivity contribution in [2.75, 3.05) is 26.2 Å². The molecule has 0 aromatic heterocycles. The van der Waals surface area contributed by atoms with Crippen molar-refractivity contribution in [2.45, 2.75) is 12.5 Å². The number of carboxylic acids is 1. The van der Waals surface area contributed by atoms with E-state index >= 15 is 0 Å². The fourth-order valence-corrected chi connectivity index (χ4v) is 3.01. The van der Waals surface area contributed by atoms with E-state index in [9.17, 15) is 24.0 Å². The van der Waals surface area contributed by atoms with Crippen LogP contribution in [0.2, 0.25) is 0 Å². The Bertz CT molecular complexity index is 884. The lowest BCUT2D eigenvalue weighted by Crippen LogP contribution is -2.61. The van der Waals surface area contributed by atoms with Crippen molar-refractivity contribution in [3.05, 3.63) is 35.4 Å². The zero-order chi connectivity index (χ0) is 22.4. The maximum absolute atomic E-state index is 12.6. The minimum Gasteiger partial charge on any atom is -0.480 e. The first-order valence-corrected chi connectivity index (χ1v) is 8.91. The Labute approximate surface area is 171 Å². The third-order valence-corrected chi connectivity index (χ3v) is 4.48. The number of hydrogen-bond acceptors (Lipinski definition) is 6. The zero-order valence-corrected chi connectivity index (χ0v) is 16.0. The summed E-state index contributed by atoms with van der Waals surface area (Å²) in [5.41, 5.74) is 11.2. The standard InChI is InChI=1S/C18H22N6O6/c19-13(25)7-12-18(30)23(9-15(27)28)5-6-24(12)14(26)8-22-17(29)11-3-1-10(2-4-11)16(20)21/h1-4,12H,5-9H2,(H2,19,25)(H3,20,21)(H,22,29)(H,27,28)/t12-/m0/s1. The van der Waals surface area contributed by atoms with Gasteiger partial charge in [-0.3, -0.25) is 29.4 Å². The van der Waals surface area contributed by atoms with Crippen LogP contribution in [0.1, 0.15) is 22.3 Å². The molecule has 0 saturated carbocycles. The Morgan fingerprint density at radius 3 is 2.23 bits per heavy atom. The molecule has 0 unspecified atom stereocenters. The minimum atomic E-state index is -1.23. The summed E-state index contributed by atoms with van der Waals surface area (Å²) in [5.74, 6) is -4.05. The quantitative estimate of drug-likeness (QED) is 0.231. The SMILES string of the molecule is N=C(N)c1ccc(C(=O)NCC(=O)N2CCN(CC(=O)O)C(=O)[C@@H]2CC(N)=O)cc1. The Morgan fingerprint density at radius 1 is 1.10 bits per heavy atom. The van der Waals surface area contributed by atoms with Crippen molar-refractivity contribution in [3.63, 3.8) is 0 Å². The van der Waals surface area contributed by atoms with E-state index in [-0.39, 0.29) is 24.5 Å². The molecular weight excluding hydrogens is 396 g/mol. The van der Waals surface area contributed by atoms with E-state index in [0.29, 0.717) is 5.56 Å². The fourth-order valence-electron chi connectivity index (χ4n) is 3.01. The number of rotatable bonds is 8. The molecule has 1 aromatic carbocycles. The molecule has 1 atom stereocenters. The van der Waals surface area contributed by atoms with E-state index in [4.69, 9.17) is 22.0 Å². The molecule has 1 heterocycles. The number of carboxylic acid groups (broad SMARTS) is 1. The molecule has 0 aliphatic carbocycles. The second-order valence-electron chi connectivity index (χ2n) is 6.60. The summed E-state index contributed by atoms with van der Waals surface area (Å²) in [7, 11) is 0. The number of amides is 4. The van der Waals surface area contributed by atoms with Gasteiger partial charge < -0.3 is 31.7 Å². The summed E-state index contributed by atoms with van der Waals surface area (Å²) in [6, 6.07) is 4.64. The topological polar surface area (TPSA) is 200 Å². The summed E-state index contributed by atoms with van der Waals surface area (Å²) >= 11 is 0. The second kappa shape index (κ2) is 9.49. The van der Waals surface area contributed by atoms with E-state index in [1.54, 1.807) is 0 Å². The number of carbonyl (C=O) groups is 5. The van der Waals surface area contributed by atoms with Crippen LogP contribution in [0.3, 0.4) is 0 Å². The smallest absolute Gasteiger partial charge is 0.323 e. The molecule has 1 aliphatic heterocycles. The van der Waals surface area contributed by atoms with Crippen LogP contribution in [-0.4, -0.2) is 82.6 Å².